The molecule has 1 aliphatic heterocycles. The Labute approximate surface area is 102 Å². The highest BCUT2D eigenvalue weighted by atomic mass is 79.9. The Hall–Kier alpha value is -0.720. The number of carbonyl (C=O) groups excluding carboxylic acids is 1. The highest BCUT2D eigenvalue weighted by molar-refractivity contribution is 9.10. The fourth-order valence-corrected chi connectivity index (χ4v) is 2.30. The number of carbonyl (C=O) groups is 1. The molecule has 0 bridgehead atoms. The van der Waals surface area contributed by atoms with Crippen LogP contribution in [0, 0.1) is 0 Å². The molecule has 1 atom stereocenters. The standard InChI is InChI=1S/C10H14BrN3O2/c1-2-14-8(7(11)5-13-14)9(15)10(12)3-4-16-6-10/h5H,2-4,6,12H2,1H3. The Bertz CT molecular complexity index is 410. The van der Waals surface area contributed by atoms with E-state index < -0.39 is 5.54 Å². The molecule has 0 spiro atoms. The molecule has 1 saturated heterocycles. The number of ether oxygens (including phenoxy) is 1. The van der Waals surface area contributed by atoms with Gasteiger partial charge in [0.2, 0.25) is 5.78 Å². The topological polar surface area (TPSA) is 70.1 Å². The number of nitrogens with two attached hydrogens (primary N) is 1. The Balaban J connectivity index is 2.36. The van der Waals surface area contributed by atoms with Gasteiger partial charge in [0.15, 0.2) is 0 Å². The van der Waals surface area contributed by atoms with Crippen LogP contribution in [0.15, 0.2) is 10.7 Å². The highest BCUT2D eigenvalue weighted by Crippen LogP contribution is 2.25. The molecule has 1 aromatic rings. The molecule has 2 heterocycles. The molecule has 1 fully saturated rings. The number of aromatic nitrogens is 2. The van der Waals surface area contributed by atoms with Crippen LogP contribution in [0.25, 0.3) is 0 Å². The van der Waals surface area contributed by atoms with Crippen LogP contribution < -0.4 is 5.73 Å². The monoisotopic (exact) mass is 287 g/mol. The van der Waals surface area contributed by atoms with E-state index in [0.29, 0.717) is 29.7 Å². The first-order valence-electron chi connectivity index (χ1n) is 5.21. The average molecular weight is 288 g/mol. The number of ketones is 1. The maximum Gasteiger partial charge on any atom is 0.204 e. The lowest BCUT2D eigenvalue weighted by Crippen LogP contribution is -2.49. The summed E-state index contributed by atoms with van der Waals surface area (Å²) in [5.41, 5.74) is 5.69. The molecule has 0 aromatic carbocycles. The van der Waals surface area contributed by atoms with E-state index >= 15 is 0 Å². The molecule has 16 heavy (non-hydrogen) atoms. The van der Waals surface area contributed by atoms with E-state index in [2.05, 4.69) is 21.0 Å². The lowest BCUT2D eigenvalue weighted by Gasteiger charge is -2.20. The number of rotatable bonds is 3. The summed E-state index contributed by atoms with van der Waals surface area (Å²) in [7, 11) is 0. The zero-order valence-electron chi connectivity index (χ0n) is 9.07. The van der Waals surface area contributed by atoms with Gasteiger partial charge in [-0.2, -0.15) is 5.10 Å². The summed E-state index contributed by atoms with van der Waals surface area (Å²) >= 11 is 3.33. The summed E-state index contributed by atoms with van der Waals surface area (Å²) in [4.78, 5) is 12.3. The van der Waals surface area contributed by atoms with Gasteiger partial charge in [-0.15, -0.1) is 0 Å². The van der Waals surface area contributed by atoms with Crippen molar-refractivity contribution in [3.05, 3.63) is 16.4 Å². The summed E-state index contributed by atoms with van der Waals surface area (Å²) in [6.07, 6.45) is 2.18. The number of hydrogen-bond acceptors (Lipinski definition) is 4. The van der Waals surface area contributed by atoms with Crippen molar-refractivity contribution in [1.29, 1.82) is 0 Å². The molecule has 1 aliphatic rings. The van der Waals surface area contributed by atoms with E-state index in [9.17, 15) is 4.79 Å². The van der Waals surface area contributed by atoms with Crippen molar-refractivity contribution in [2.45, 2.75) is 25.4 Å². The zero-order chi connectivity index (χ0) is 11.8. The Kier molecular flexibility index (Phi) is 3.14. The highest BCUT2D eigenvalue weighted by Gasteiger charge is 2.41. The second-order valence-electron chi connectivity index (χ2n) is 3.94. The molecule has 0 aliphatic carbocycles. The van der Waals surface area contributed by atoms with Gasteiger partial charge >= 0.3 is 0 Å². The molecule has 88 valence electrons. The van der Waals surface area contributed by atoms with Crippen molar-refractivity contribution < 1.29 is 9.53 Å². The van der Waals surface area contributed by atoms with Crippen LogP contribution in [0.5, 0.6) is 0 Å². The molecule has 0 radical (unpaired) electrons. The molecule has 6 heteroatoms. The van der Waals surface area contributed by atoms with Crippen LogP contribution in [0.4, 0.5) is 0 Å². The molecule has 1 aromatic heterocycles. The van der Waals surface area contributed by atoms with Gasteiger partial charge in [-0.3, -0.25) is 9.48 Å². The molecular weight excluding hydrogens is 274 g/mol. The molecule has 1 unspecified atom stereocenters. The fraction of sp³-hybridized carbons (Fsp3) is 0.600. The van der Waals surface area contributed by atoms with Crippen LogP contribution in [-0.2, 0) is 11.3 Å². The van der Waals surface area contributed by atoms with E-state index in [-0.39, 0.29) is 12.4 Å². The van der Waals surface area contributed by atoms with E-state index in [1.165, 1.54) is 0 Å². The van der Waals surface area contributed by atoms with Gasteiger partial charge in [-0.25, -0.2) is 0 Å². The minimum atomic E-state index is -0.893. The van der Waals surface area contributed by atoms with E-state index in [4.69, 9.17) is 10.5 Å². The van der Waals surface area contributed by atoms with Gasteiger partial charge in [0, 0.05) is 13.2 Å². The number of Topliss-reactive ketones (excluding diaryl/α,β-unsaturated/α-hetero) is 1. The van der Waals surface area contributed by atoms with Crippen LogP contribution in [0.3, 0.4) is 0 Å². The van der Waals surface area contributed by atoms with Crippen molar-refractivity contribution in [3.8, 4) is 0 Å². The minimum Gasteiger partial charge on any atom is -0.379 e. The lowest BCUT2D eigenvalue weighted by atomic mass is 9.92. The molecule has 2 N–H and O–H groups in total. The average Bonchev–Trinajstić information content (AvgIpc) is 2.85. The Morgan fingerprint density at radius 2 is 2.56 bits per heavy atom. The zero-order valence-corrected chi connectivity index (χ0v) is 10.7. The third-order valence-corrected chi connectivity index (χ3v) is 3.39. The summed E-state index contributed by atoms with van der Waals surface area (Å²) in [5, 5.41) is 4.11. The van der Waals surface area contributed by atoms with E-state index in [1.807, 2.05) is 6.92 Å². The minimum absolute atomic E-state index is 0.101. The first-order chi connectivity index (χ1) is 7.58. The van der Waals surface area contributed by atoms with Crippen LogP contribution >= 0.6 is 15.9 Å². The first kappa shape index (κ1) is 11.8. The SMILES string of the molecule is CCn1ncc(Br)c1C(=O)C1(N)CCOC1. The first-order valence-corrected chi connectivity index (χ1v) is 6.00. The number of nitrogens with zero attached hydrogens (tertiary/aromatic N) is 2. The predicted molar refractivity (Wildman–Crippen MR) is 62.3 cm³/mol. The van der Waals surface area contributed by atoms with E-state index in [0.717, 1.165) is 0 Å². The molecular formula is C10H14BrN3O2. The molecule has 0 amide bonds. The van der Waals surface area contributed by atoms with E-state index in [1.54, 1.807) is 10.9 Å². The number of hydrogen-bond donors (Lipinski definition) is 1. The van der Waals surface area contributed by atoms with Gasteiger partial charge in [-0.1, -0.05) is 0 Å². The van der Waals surface area contributed by atoms with Crippen molar-refractivity contribution in [2.75, 3.05) is 13.2 Å². The smallest absolute Gasteiger partial charge is 0.204 e. The van der Waals surface area contributed by atoms with Crippen LogP contribution in [0.2, 0.25) is 0 Å². The van der Waals surface area contributed by atoms with Crippen molar-refractivity contribution >= 4 is 21.7 Å². The van der Waals surface area contributed by atoms with Gasteiger partial charge in [0.25, 0.3) is 0 Å². The number of halogens is 1. The number of aryl methyl sites for hydroxylation is 1. The Morgan fingerprint density at radius 1 is 1.81 bits per heavy atom. The third kappa shape index (κ3) is 1.81. The summed E-state index contributed by atoms with van der Waals surface area (Å²) in [5.74, 6) is -0.101. The second kappa shape index (κ2) is 4.27. The van der Waals surface area contributed by atoms with Gasteiger partial charge in [-0.05, 0) is 29.3 Å². The summed E-state index contributed by atoms with van der Waals surface area (Å²) < 4.78 is 7.54. The lowest BCUT2D eigenvalue weighted by molar-refractivity contribution is 0.0851. The fourth-order valence-electron chi connectivity index (χ4n) is 1.82. The molecule has 2 rings (SSSR count). The largest absolute Gasteiger partial charge is 0.379 e. The molecule has 0 saturated carbocycles. The third-order valence-electron chi connectivity index (χ3n) is 2.81. The normalized spacial score (nSPS) is 24.9. The second-order valence-corrected chi connectivity index (χ2v) is 4.80. The van der Waals surface area contributed by atoms with Gasteiger partial charge in [0.05, 0.1) is 17.3 Å². The maximum atomic E-state index is 12.3. The Morgan fingerprint density at radius 3 is 3.12 bits per heavy atom. The van der Waals surface area contributed by atoms with Crippen molar-refractivity contribution in [2.24, 2.45) is 5.73 Å². The van der Waals surface area contributed by atoms with Crippen molar-refractivity contribution in [1.82, 2.24) is 9.78 Å². The summed E-state index contributed by atoms with van der Waals surface area (Å²) in [6, 6.07) is 0. The van der Waals surface area contributed by atoms with Crippen LogP contribution in [0.1, 0.15) is 23.8 Å². The summed E-state index contributed by atoms with van der Waals surface area (Å²) in [6.45, 7) is 3.40. The molecule has 5 nitrogen and oxygen atoms in total. The van der Waals surface area contributed by atoms with Crippen molar-refractivity contribution in [3.63, 3.8) is 0 Å². The van der Waals surface area contributed by atoms with Crippen LogP contribution in [-0.4, -0.2) is 34.3 Å². The predicted octanol–water partition coefficient (Wildman–Crippen LogP) is 0.966. The quantitative estimate of drug-likeness (QED) is 0.841. The van der Waals surface area contributed by atoms with Gasteiger partial charge in [0.1, 0.15) is 11.2 Å². The maximum absolute atomic E-state index is 12.3. The van der Waals surface area contributed by atoms with Gasteiger partial charge < -0.3 is 10.5 Å².